The van der Waals surface area contributed by atoms with Crippen LogP contribution in [0.4, 0.5) is 8.78 Å². The predicted molar refractivity (Wildman–Crippen MR) is 79.0 cm³/mol. The average Bonchev–Trinajstić information content (AvgIpc) is 2.49. The van der Waals surface area contributed by atoms with Crippen LogP contribution in [0.25, 0.3) is 0 Å². The van der Waals surface area contributed by atoms with Crippen molar-refractivity contribution in [1.82, 2.24) is 10.2 Å². The van der Waals surface area contributed by atoms with Gasteiger partial charge >= 0.3 is 0 Å². The van der Waals surface area contributed by atoms with E-state index >= 15 is 0 Å². The van der Waals surface area contributed by atoms with E-state index in [9.17, 15) is 18.7 Å². The molecule has 1 atom stereocenters. The molecule has 1 aromatic rings. The fraction of sp³-hybridized carbons (Fsp3) is 0.438. The molecule has 0 radical (unpaired) electrons. The van der Waals surface area contributed by atoms with Crippen LogP contribution in [0, 0.1) is 11.6 Å². The number of hydrogen-bond acceptors (Lipinski definition) is 3. The minimum Gasteiger partial charge on any atom is -0.379 e. The van der Waals surface area contributed by atoms with Crippen LogP contribution in [0.15, 0.2) is 30.9 Å². The second kappa shape index (κ2) is 6.98. The molecule has 0 aliphatic carbocycles. The number of carbonyl (C=O) groups is 1. The van der Waals surface area contributed by atoms with Crippen LogP contribution in [0.2, 0.25) is 0 Å². The molecule has 1 heterocycles. The van der Waals surface area contributed by atoms with Crippen LogP contribution < -0.4 is 5.32 Å². The number of halogens is 2. The molecule has 2 N–H and O–H groups in total. The number of likely N-dealkylation sites (tertiary alicyclic amines) is 1. The number of carbonyl (C=O) groups excluding carboxylic acids is 1. The van der Waals surface area contributed by atoms with Gasteiger partial charge in [0.05, 0.1) is 0 Å². The van der Waals surface area contributed by atoms with Gasteiger partial charge in [-0.15, -0.1) is 6.58 Å². The van der Waals surface area contributed by atoms with Crippen LogP contribution in [0.3, 0.4) is 0 Å². The van der Waals surface area contributed by atoms with Gasteiger partial charge in [-0.25, -0.2) is 8.78 Å². The van der Waals surface area contributed by atoms with Crippen LogP contribution >= 0.6 is 0 Å². The van der Waals surface area contributed by atoms with E-state index in [-0.39, 0.29) is 18.7 Å². The van der Waals surface area contributed by atoms with Gasteiger partial charge in [-0.1, -0.05) is 18.2 Å². The van der Waals surface area contributed by atoms with E-state index < -0.39 is 23.1 Å². The molecule has 0 aromatic heterocycles. The molecule has 4 nitrogen and oxygen atoms in total. The highest BCUT2D eigenvalue weighted by Gasteiger charge is 2.41. The first-order valence-corrected chi connectivity index (χ1v) is 7.24. The average molecular weight is 310 g/mol. The Balaban J connectivity index is 2.09. The molecule has 22 heavy (non-hydrogen) atoms. The van der Waals surface area contributed by atoms with Crippen LogP contribution in [0.5, 0.6) is 0 Å². The van der Waals surface area contributed by atoms with Gasteiger partial charge in [0.2, 0.25) is 0 Å². The number of hydrogen-bond donors (Lipinski definition) is 2. The number of benzene rings is 1. The number of nitrogens with zero attached hydrogens (tertiary/aromatic N) is 1. The van der Waals surface area contributed by atoms with Crippen LogP contribution in [-0.2, 0) is 11.3 Å². The maximum Gasteiger partial charge on any atom is 0.256 e. The highest BCUT2D eigenvalue weighted by atomic mass is 19.2. The van der Waals surface area contributed by atoms with Crippen molar-refractivity contribution in [1.29, 1.82) is 0 Å². The lowest BCUT2D eigenvalue weighted by Gasteiger charge is -2.38. The minimum absolute atomic E-state index is 0.0494. The van der Waals surface area contributed by atoms with Gasteiger partial charge in [0.15, 0.2) is 17.2 Å². The highest BCUT2D eigenvalue weighted by molar-refractivity contribution is 5.86. The number of rotatable bonds is 6. The summed E-state index contributed by atoms with van der Waals surface area (Å²) < 4.78 is 27.0. The van der Waals surface area contributed by atoms with Crippen molar-refractivity contribution in [2.75, 3.05) is 19.6 Å². The van der Waals surface area contributed by atoms with Gasteiger partial charge in [0.25, 0.3) is 5.91 Å². The Kier molecular flexibility index (Phi) is 5.26. The second-order valence-electron chi connectivity index (χ2n) is 5.49. The summed E-state index contributed by atoms with van der Waals surface area (Å²) in [4.78, 5) is 13.8. The van der Waals surface area contributed by atoms with Gasteiger partial charge in [0.1, 0.15) is 0 Å². The van der Waals surface area contributed by atoms with Crippen LogP contribution in [-0.4, -0.2) is 41.1 Å². The minimum atomic E-state index is -1.51. The quantitative estimate of drug-likeness (QED) is 0.620. The summed E-state index contributed by atoms with van der Waals surface area (Å²) >= 11 is 0. The monoisotopic (exact) mass is 310 g/mol. The number of aliphatic hydroxyl groups is 1. The summed E-state index contributed by atoms with van der Waals surface area (Å²) in [6, 6.07) is 3.88. The van der Waals surface area contributed by atoms with Gasteiger partial charge in [-0.2, -0.15) is 0 Å². The van der Waals surface area contributed by atoms with Gasteiger partial charge in [0, 0.05) is 31.7 Å². The molecule has 0 unspecified atom stereocenters. The topological polar surface area (TPSA) is 52.6 Å². The molecule has 1 aromatic carbocycles. The lowest BCUT2D eigenvalue weighted by molar-refractivity contribution is -0.157. The van der Waals surface area contributed by atoms with Crippen LogP contribution in [0.1, 0.15) is 18.4 Å². The lowest BCUT2D eigenvalue weighted by atomic mass is 9.91. The van der Waals surface area contributed by atoms with Crippen molar-refractivity contribution in [3.05, 3.63) is 48.1 Å². The van der Waals surface area contributed by atoms with E-state index in [1.54, 1.807) is 6.08 Å². The van der Waals surface area contributed by atoms with Crippen molar-refractivity contribution in [3.8, 4) is 0 Å². The second-order valence-corrected chi connectivity index (χ2v) is 5.49. The first-order valence-electron chi connectivity index (χ1n) is 7.24. The third-order valence-electron chi connectivity index (χ3n) is 3.80. The number of piperidine rings is 1. The molecule has 1 fully saturated rings. The Morgan fingerprint density at radius 2 is 2.23 bits per heavy atom. The van der Waals surface area contributed by atoms with E-state index in [1.807, 2.05) is 0 Å². The Hall–Kier alpha value is -1.79. The molecule has 0 spiro atoms. The van der Waals surface area contributed by atoms with Gasteiger partial charge in [-0.05, 0) is 18.9 Å². The molecule has 1 aliphatic heterocycles. The Bertz CT molecular complexity index is 565. The summed E-state index contributed by atoms with van der Waals surface area (Å²) in [5.41, 5.74) is -1.40. The molecule has 120 valence electrons. The highest BCUT2D eigenvalue weighted by Crippen LogP contribution is 2.24. The molecule has 6 heteroatoms. The summed E-state index contributed by atoms with van der Waals surface area (Å²) in [6.45, 7) is 4.51. The SMILES string of the molecule is C=CCNC[C@@]1(O)CCCN(Cc2cccc(F)c2F)C1=O. The smallest absolute Gasteiger partial charge is 0.256 e. The largest absolute Gasteiger partial charge is 0.379 e. The molecule has 0 saturated carbocycles. The molecular formula is C16H20F2N2O2. The van der Waals surface area contributed by atoms with E-state index in [1.165, 1.54) is 17.0 Å². The maximum absolute atomic E-state index is 13.7. The molecule has 2 rings (SSSR count). The summed E-state index contributed by atoms with van der Waals surface area (Å²) in [6.07, 6.45) is 2.59. The van der Waals surface area contributed by atoms with Crippen molar-refractivity contribution in [3.63, 3.8) is 0 Å². The van der Waals surface area contributed by atoms with Crippen molar-refractivity contribution < 1.29 is 18.7 Å². The van der Waals surface area contributed by atoms with E-state index in [2.05, 4.69) is 11.9 Å². The Morgan fingerprint density at radius 1 is 1.45 bits per heavy atom. The van der Waals surface area contributed by atoms with Crippen molar-refractivity contribution in [2.24, 2.45) is 0 Å². The normalized spacial score (nSPS) is 22.0. The Morgan fingerprint density at radius 3 is 2.95 bits per heavy atom. The first kappa shape index (κ1) is 16.6. The summed E-state index contributed by atoms with van der Waals surface area (Å²) in [7, 11) is 0. The lowest BCUT2D eigenvalue weighted by Crippen LogP contribution is -2.57. The molecule has 1 amide bonds. The zero-order valence-corrected chi connectivity index (χ0v) is 12.3. The summed E-state index contributed by atoms with van der Waals surface area (Å²) in [5.74, 6) is -2.35. The van der Waals surface area contributed by atoms with Gasteiger partial charge < -0.3 is 15.3 Å². The zero-order valence-electron chi connectivity index (χ0n) is 12.3. The third kappa shape index (κ3) is 3.51. The fourth-order valence-electron chi connectivity index (χ4n) is 2.64. The van der Waals surface area contributed by atoms with Crippen molar-refractivity contribution >= 4 is 5.91 Å². The fourth-order valence-corrected chi connectivity index (χ4v) is 2.64. The number of nitrogens with one attached hydrogen (secondary N) is 1. The van der Waals surface area contributed by atoms with Crippen molar-refractivity contribution in [2.45, 2.75) is 25.0 Å². The third-order valence-corrected chi connectivity index (χ3v) is 3.80. The number of amides is 1. The Labute approximate surface area is 128 Å². The molecular weight excluding hydrogens is 290 g/mol. The maximum atomic E-state index is 13.7. The summed E-state index contributed by atoms with van der Waals surface area (Å²) in [5, 5.41) is 13.4. The molecule has 0 bridgehead atoms. The predicted octanol–water partition coefficient (Wildman–Crippen LogP) is 1.59. The first-order chi connectivity index (χ1) is 10.5. The van der Waals surface area contributed by atoms with E-state index in [0.717, 1.165) is 6.07 Å². The molecule has 1 saturated heterocycles. The van der Waals surface area contributed by atoms with E-state index in [0.29, 0.717) is 25.9 Å². The van der Waals surface area contributed by atoms with E-state index in [4.69, 9.17) is 0 Å². The standard InChI is InChI=1S/C16H20F2N2O2/c1-2-8-19-11-16(22)7-4-9-20(15(16)21)10-12-5-3-6-13(17)14(12)18/h2-3,5-6,19,22H,1,4,7-11H2/t16-/m0/s1. The zero-order chi connectivity index (χ0) is 16.2. The molecule has 1 aliphatic rings. The van der Waals surface area contributed by atoms with Gasteiger partial charge in [-0.3, -0.25) is 4.79 Å².